The van der Waals surface area contributed by atoms with Crippen molar-refractivity contribution in [2.24, 2.45) is 0 Å². The maximum atomic E-state index is 12.6. The van der Waals surface area contributed by atoms with Gasteiger partial charge in [0.2, 0.25) is 0 Å². The van der Waals surface area contributed by atoms with E-state index in [-0.39, 0.29) is 0 Å². The molecule has 0 saturated carbocycles. The Kier molecular flexibility index (Phi) is 3.97. The zero-order valence-electron chi connectivity index (χ0n) is 8.37. The lowest BCUT2D eigenvalue weighted by molar-refractivity contribution is -0.140. The van der Waals surface area contributed by atoms with Gasteiger partial charge >= 0.3 is 5.97 Å². The molecule has 0 unspecified atom stereocenters. The van der Waals surface area contributed by atoms with E-state index in [4.69, 9.17) is 16.7 Å². The van der Waals surface area contributed by atoms with E-state index in [9.17, 15) is 22.4 Å². The number of carboxylic acids is 1. The Bertz CT molecular complexity index is 435. The normalized spacial score (nSPS) is 13.4. The summed E-state index contributed by atoms with van der Waals surface area (Å²) in [7, 11) is 0. The van der Waals surface area contributed by atoms with Crippen LogP contribution in [-0.4, -0.2) is 20.9 Å². The number of hydrogen-bond donors (Lipinski definition) is 1. The molecule has 0 amide bonds. The molecule has 1 aromatic rings. The number of alkyl halides is 4. The summed E-state index contributed by atoms with van der Waals surface area (Å²) in [5.74, 6) is -1.48. The fraction of sp³-hybridized carbons (Fsp3) is 0.500. The number of rotatable bonds is 4. The quantitative estimate of drug-likeness (QED) is 0.859. The second-order valence-corrected chi connectivity index (χ2v) is 3.52. The van der Waals surface area contributed by atoms with Gasteiger partial charge in [-0.25, -0.2) is 27.0 Å². The van der Waals surface area contributed by atoms with Crippen molar-refractivity contribution in [3.05, 3.63) is 16.4 Å². The molecule has 0 spiro atoms. The van der Waals surface area contributed by atoms with E-state index >= 15 is 0 Å². The molecular formula is C8H7ClF4N2O2. The maximum absolute atomic E-state index is 12.6. The summed E-state index contributed by atoms with van der Waals surface area (Å²) in [5, 5.41) is 10.9. The predicted octanol–water partition coefficient (Wildman–Crippen LogP) is 3.06. The Morgan fingerprint density at radius 3 is 2.24 bits per heavy atom. The van der Waals surface area contributed by atoms with Crippen LogP contribution in [0.3, 0.4) is 0 Å². The summed E-state index contributed by atoms with van der Waals surface area (Å²) in [4.78, 5) is 10.6. The molecule has 4 nitrogen and oxygen atoms in total. The predicted molar refractivity (Wildman–Crippen MR) is 49.5 cm³/mol. The Morgan fingerprint density at radius 1 is 1.35 bits per heavy atom. The average Bonchev–Trinajstić information content (AvgIpc) is 2.54. The van der Waals surface area contributed by atoms with Gasteiger partial charge in [0.05, 0.1) is 5.02 Å². The van der Waals surface area contributed by atoms with Crippen LogP contribution in [0.5, 0.6) is 0 Å². The third-order valence-corrected chi connectivity index (χ3v) is 2.44. The van der Waals surface area contributed by atoms with Gasteiger partial charge in [-0.05, 0) is 6.92 Å². The summed E-state index contributed by atoms with van der Waals surface area (Å²) in [6.07, 6.45) is -6.34. The Morgan fingerprint density at radius 2 is 1.88 bits per heavy atom. The molecular weight excluding hydrogens is 268 g/mol. The molecule has 1 heterocycles. The van der Waals surface area contributed by atoms with Crippen molar-refractivity contribution in [2.45, 2.75) is 25.8 Å². The van der Waals surface area contributed by atoms with E-state index in [2.05, 4.69) is 5.10 Å². The first kappa shape index (κ1) is 13.8. The first-order valence-corrected chi connectivity index (χ1v) is 4.72. The largest absolute Gasteiger partial charge is 0.480 e. The van der Waals surface area contributed by atoms with E-state index in [0.717, 1.165) is 6.92 Å². The number of carboxylic acid groups (broad SMARTS) is 1. The third-order valence-electron chi connectivity index (χ3n) is 2.05. The lowest BCUT2D eigenvalue weighted by Gasteiger charge is -2.10. The van der Waals surface area contributed by atoms with Gasteiger partial charge in [-0.1, -0.05) is 11.6 Å². The highest BCUT2D eigenvalue weighted by Crippen LogP contribution is 2.35. The van der Waals surface area contributed by atoms with Gasteiger partial charge in [0.25, 0.3) is 12.9 Å². The number of aromatic nitrogens is 2. The number of nitrogens with zero attached hydrogens (tertiary/aromatic N) is 2. The molecule has 1 N–H and O–H groups in total. The van der Waals surface area contributed by atoms with E-state index in [1.54, 1.807) is 0 Å². The minimum absolute atomic E-state index is 0.302. The molecule has 0 fully saturated rings. The van der Waals surface area contributed by atoms with Crippen LogP contribution in [0, 0.1) is 0 Å². The van der Waals surface area contributed by atoms with Crippen LogP contribution in [0.1, 0.15) is 37.2 Å². The average molecular weight is 275 g/mol. The topological polar surface area (TPSA) is 55.1 Å². The molecule has 96 valence electrons. The number of aliphatic carboxylic acids is 1. The van der Waals surface area contributed by atoms with Gasteiger partial charge < -0.3 is 5.11 Å². The summed E-state index contributed by atoms with van der Waals surface area (Å²) >= 11 is 5.33. The van der Waals surface area contributed by atoms with Crippen molar-refractivity contribution >= 4 is 17.6 Å². The van der Waals surface area contributed by atoms with Crippen molar-refractivity contribution in [1.29, 1.82) is 0 Å². The molecule has 0 bridgehead atoms. The minimum atomic E-state index is -3.19. The van der Waals surface area contributed by atoms with Gasteiger partial charge in [-0.15, -0.1) is 0 Å². The second-order valence-electron chi connectivity index (χ2n) is 3.14. The fourth-order valence-electron chi connectivity index (χ4n) is 1.18. The standard InChI is InChI=1S/C8H7ClF4N2O2/c1-2(8(16)17)15-5(7(12)13)3(9)4(14-15)6(10)11/h2,6-7H,1H3,(H,16,17)/t2-/m1/s1. The van der Waals surface area contributed by atoms with Gasteiger partial charge in [-0.3, -0.25) is 0 Å². The van der Waals surface area contributed by atoms with E-state index in [0.29, 0.717) is 4.68 Å². The Labute approximate surface area is 97.8 Å². The molecule has 1 aromatic heterocycles. The smallest absolute Gasteiger partial charge is 0.328 e. The van der Waals surface area contributed by atoms with Crippen molar-refractivity contribution in [3.8, 4) is 0 Å². The second kappa shape index (κ2) is 4.91. The lowest BCUT2D eigenvalue weighted by atomic mass is 10.3. The summed E-state index contributed by atoms with van der Waals surface area (Å²) in [5.41, 5.74) is -2.06. The maximum Gasteiger partial charge on any atom is 0.328 e. The van der Waals surface area contributed by atoms with Crippen LogP contribution >= 0.6 is 11.6 Å². The number of carbonyl (C=O) groups is 1. The summed E-state index contributed by atoms with van der Waals surface area (Å²) < 4.78 is 50.3. The van der Waals surface area contributed by atoms with Crippen molar-refractivity contribution in [3.63, 3.8) is 0 Å². The van der Waals surface area contributed by atoms with Crippen molar-refractivity contribution < 1.29 is 27.5 Å². The SMILES string of the molecule is C[C@H](C(=O)O)n1nc(C(F)F)c(Cl)c1C(F)F. The highest BCUT2D eigenvalue weighted by atomic mass is 35.5. The van der Waals surface area contributed by atoms with Crippen LogP contribution in [0.25, 0.3) is 0 Å². The van der Waals surface area contributed by atoms with Crippen molar-refractivity contribution in [2.75, 3.05) is 0 Å². The summed E-state index contributed by atoms with van der Waals surface area (Å²) in [6, 6.07) is -1.51. The van der Waals surface area contributed by atoms with Gasteiger partial charge in [0, 0.05) is 0 Å². The molecule has 0 aliphatic rings. The van der Waals surface area contributed by atoms with Crippen LogP contribution < -0.4 is 0 Å². The van der Waals surface area contributed by atoms with E-state index in [1.165, 1.54) is 0 Å². The first-order valence-electron chi connectivity index (χ1n) is 4.34. The molecule has 0 radical (unpaired) electrons. The lowest BCUT2D eigenvalue weighted by Crippen LogP contribution is -2.19. The van der Waals surface area contributed by atoms with Gasteiger partial charge in [-0.2, -0.15) is 5.10 Å². The highest BCUT2D eigenvalue weighted by Gasteiger charge is 2.31. The fourth-order valence-corrected chi connectivity index (χ4v) is 1.47. The minimum Gasteiger partial charge on any atom is -0.480 e. The Balaban J connectivity index is 3.38. The third kappa shape index (κ3) is 2.51. The van der Waals surface area contributed by atoms with E-state index in [1.807, 2.05) is 0 Å². The molecule has 0 saturated heterocycles. The molecule has 0 aromatic carbocycles. The van der Waals surface area contributed by atoms with Crippen molar-refractivity contribution in [1.82, 2.24) is 9.78 Å². The molecule has 0 aliphatic carbocycles. The monoisotopic (exact) mass is 274 g/mol. The van der Waals surface area contributed by atoms with Gasteiger partial charge in [0.15, 0.2) is 0 Å². The van der Waals surface area contributed by atoms with Gasteiger partial charge in [0.1, 0.15) is 17.4 Å². The van der Waals surface area contributed by atoms with Crippen LogP contribution in [0.4, 0.5) is 17.6 Å². The zero-order chi connectivity index (χ0) is 13.3. The Hall–Kier alpha value is -1.31. The molecule has 1 rings (SSSR count). The summed E-state index contributed by atoms with van der Waals surface area (Å²) in [6.45, 7) is 1.03. The highest BCUT2D eigenvalue weighted by molar-refractivity contribution is 6.32. The number of halogens is 5. The molecule has 17 heavy (non-hydrogen) atoms. The molecule has 9 heteroatoms. The van der Waals surface area contributed by atoms with E-state index < -0.39 is 41.3 Å². The van der Waals surface area contributed by atoms with Crippen LogP contribution in [0.15, 0.2) is 0 Å². The number of hydrogen-bond acceptors (Lipinski definition) is 2. The first-order chi connectivity index (χ1) is 7.77. The van der Waals surface area contributed by atoms with Crippen LogP contribution in [-0.2, 0) is 4.79 Å². The molecule has 1 atom stereocenters. The molecule has 0 aliphatic heterocycles. The zero-order valence-corrected chi connectivity index (χ0v) is 9.13. The van der Waals surface area contributed by atoms with Crippen LogP contribution in [0.2, 0.25) is 5.02 Å².